The largest absolute Gasteiger partial charge is 0.493 e. The van der Waals surface area contributed by atoms with Crippen LogP contribution in [-0.2, 0) is 11.3 Å². The number of hydrogen-bond donors (Lipinski definition) is 2. The summed E-state index contributed by atoms with van der Waals surface area (Å²) in [4.78, 5) is 24.6. The van der Waals surface area contributed by atoms with Gasteiger partial charge in [-0.3, -0.25) is 9.59 Å². The molecule has 2 amide bonds. The van der Waals surface area contributed by atoms with Crippen molar-refractivity contribution in [1.82, 2.24) is 9.88 Å². The molecule has 0 unspecified atom stereocenters. The number of halogens is 2. The SMILES string of the molecule is O=C(CNC(=O)c1cccs1)N=Nc1c(O)n(Cc2ccc(Cl)c(Cl)c2)c2ccccc12. The van der Waals surface area contributed by atoms with Gasteiger partial charge in [-0.2, -0.15) is 0 Å². The Bertz CT molecular complexity index is 1330. The van der Waals surface area contributed by atoms with Gasteiger partial charge in [0.2, 0.25) is 5.88 Å². The molecule has 2 heterocycles. The van der Waals surface area contributed by atoms with E-state index in [1.807, 2.05) is 18.2 Å². The second-order valence-corrected chi connectivity index (χ2v) is 8.54. The molecule has 162 valence electrons. The van der Waals surface area contributed by atoms with Gasteiger partial charge in [0.25, 0.3) is 11.8 Å². The monoisotopic (exact) mass is 486 g/mol. The van der Waals surface area contributed by atoms with Crippen molar-refractivity contribution in [2.24, 2.45) is 10.2 Å². The van der Waals surface area contributed by atoms with Gasteiger partial charge in [0.05, 0.1) is 27.0 Å². The third kappa shape index (κ3) is 4.67. The van der Waals surface area contributed by atoms with Crippen molar-refractivity contribution in [3.8, 4) is 5.88 Å². The number of carbonyl (C=O) groups is 2. The number of aromatic hydroxyl groups is 1. The second kappa shape index (κ2) is 9.52. The summed E-state index contributed by atoms with van der Waals surface area (Å²) in [7, 11) is 0. The van der Waals surface area contributed by atoms with Gasteiger partial charge in [0.1, 0.15) is 6.54 Å². The molecule has 0 saturated carbocycles. The fraction of sp³-hybridized carbons (Fsp3) is 0.0909. The summed E-state index contributed by atoms with van der Waals surface area (Å²) in [6, 6.07) is 15.9. The van der Waals surface area contributed by atoms with Crippen LogP contribution in [0.1, 0.15) is 15.2 Å². The van der Waals surface area contributed by atoms with Crippen LogP contribution in [0.5, 0.6) is 5.88 Å². The lowest BCUT2D eigenvalue weighted by atomic mass is 10.2. The number of fused-ring (bicyclic) bond motifs is 1. The van der Waals surface area contributed by atoms with E-state index in [4.69, 9.17) is 23.2 Å². The topological polar surface area (TPSA) is 96.1 Å². The zero-order valence-corrected chi connectivity index (χ0v) is 18.8. The lowest BCUT2D eigenvalue weighted by Crippen LogP contribution is -2.27. The molecule has 0 aliphatic carbocycles. The molecule has 0 radical (unpaired) electrons. The van der Waals surface area contributed by atoms with Crippen LogP contribution in [0.3, 0.4) is 0 Å². The number of nitrogens with zero attached hydrogens (tertiary/aromatic N) is 3. The lowest BCUT2D eigenvalue weighted by Gasteiger charge is -2.08. The number of carbonyl (C=O) groups excluding carboxylic acids is 2. The van der Waals surface area contributed by atoms with Crippen LogP contribution in [-0.4, -0.2) is 28.0 Å². The van der Waals surface area contributed by atoms with Crippen molar-refractivity contribution in [2.45, 2.75) is 6.54 Å². The number of azo groups is 1. The van der Waals surface area contributed by atoms with Gasteiger partial charge in [0.15, 0.2) is 5.69 Å². The zero-order chi connectivity index (χ0) is 22.7. The molecular formula is C22H16Cl2N4O3S. The molecule has 4 rings (SSSR count). The number of rotatable bonds is 6. The first kappa shape index (κ1) is 22.0. The number of benzene rings is 2. The Morgan fingerprint density at radius 3 is 2.62 bits per heavy atom. The summed E-state index contributed by atoms with van der Waals surface area (Å²) in [6.07, 6.45) is 0. The van der Waals surface area contributed by atoms with Crippen molar-refractivity contribution >= 4 is 62.9 Å². The molecule has 0 spiro atoms. The molecule has 0 atom stereocenters. The van der Waals surface area contributed by atoms with E-state index < -0.39 is 5.91 Å². The molecule has 0 fully saturated rings. The normalized spacial score (nSPS) is 11.3. The Labute approximate surface area is 196 Å². The van der Waals surface area contributed by atoms with Crippen LogP contribution in [0, 0.1) is 0 Å². The average Bonchev–Trinajstić information content (AvgIpc) is 3.41. The molecule has 2 aromatic carbocycles. The van der Waals surface area contributed by atoms with Crippen LogP contribution in [0.25, 0.3) is 10.9 Å². The first-order chi connectivity index (χ1) is 15.4. The van der Waals surface area contributed by atoms with E-state index in [0.717, 1.165) is 5.56 Å². The van der Waals surface area contributed by atoms with Gasteiger partial charge in [-0.05, 0) is 35.2 Å². The number of para-hydroxylation sites is 1. The Morgan fingerprint density at radius 1 is 1.06 bits per heavy atom. The smallest absolute Gasteiger partial charge is 0.283 e. The Morgan fingerprint density at radius 2 is 1.88 bits per heavy atom. The summed E-state index contributed by atoms with van der Waals surface area (Å²) in [5, 5.41) is 24.2. The molecule has 7 nitrogen and oxygen atoms in total. The summed E-state index contributed by atoms with van der Waals surface area (Å²) in [6.45, 7) is 0.00643. The molecule has 0 aliphatic heterocycles. The first-order valence-corrected chi connectivity index (χ1v) is 11.1. The first-order valence-electron chi connectivity index (χ1n) is 9.44. The maximum atomic E-state index is 12.1. The highest BCUT2D eigenvalue weighted by molar-refractivity contribution is 7.12. The van der Waals surface area contributed by atoms with E-state index in [1.165, 1.54) is 11.3 Å². The number of amides is 2. The maximum Gasteiger partial charge on any atom is 0.283 e. The average molecular weight is 487 g/mol. The van der Waals surface area contributed by atoms with Gasteiger partial charge >= 0.3 is 0 Å². The van der Waals surface area contributed by atoms with Crippen molar-refractivity contribution < 1.29 is 14.7 Å². The van der Waals surface area contributed by atoms with Gasteiger partial charge in [-0.1, -0.05) is 53.5 Å². The Hall–Kier alpha value is -3.20. The van der Waals surface area contributed by atoms with Gasteiger partial charge < -0.3 is 15.0 Å². The highest BCUT2D eigenvalue weighted by Crippen LogP contribution is 2.39. The van der Waals surface area contributed by atoms with Gasteiger partial charge in [-0.25, -0.2) is 0 Å². The van der Waals surface area contributed by atoms with Crippen molar-refractivity contribution in [1.29, 1.82) is 0 Å². The van der Waals surface area contributed by atoms with E-state index in [9.17, 15) is 14.7 Å². The molecule has 10 heteroatoms. The standard InChI is InChI=1S/C22H16Cl2N4O3S/c23-15-8-7-13(10-16(15)24)12-28-17-5-2-1-4-14(17)20(22(28)31)27-26-19(29)11-25-21(30)18-6-3-9-32-18/h1-10,31H,11-12H2,(H,25,30). The number of thiophene rings is 1. The highest BCUT2D eigenvalue weighted by atomic mass is 35.5. The number of nitrogens with one attached hydrogen (secondary N) is 1. The fourth-order valence-electron chi connectivity index (χ4n) is 3.14. The van der Waals surface area contributed by atoms with Crippen molar-refractivity contribution in [3.05, 3.63) is 80.5 Å². The molecule has 2 aromatic heterocycles. The van der Waals surface area contributed by atoms with E-state index in [1.54, 1.807) is 46.3 Å². The van der Waals surface area contributed by atoms with Crippen molar-refractivity contribution in [2.75, 3.05) is 6.54 Å². The molecule has 0 saturated heterocycles. The summed E-state index contributed by atoms with van der Waals surface area (Å²) in [5.41, 5.74) is 1.70. The van der Waals surface area contributed by atoms with Gasteiger partial charge in [0, 0.05) is 5.39 Å². The molecular weight excluding hydrogens is 471 g/mol. The minimum atomic E-state index is -0.643. The number of aromatic nitrogens is 1. The zero-order valence-electron chi connectivity index (χ0n) is 16.5. The lowest BCUT2D eigenvalue weighted by molar-refractivity contribution is -0.117. The van der Waals surface area contributed by atoms with E-state index >= 15 is 0 Å². The summed E-state index contributed by atoms with van der Waals surface area (Å²) >= 11 is 13.4. The number of hydrogen-bond acceptors (Lipinski definition) is 5. The predicted molar refractivity (Wildman–Crippen MR) is 125 cm³/mol. The van der Waals surface area contributed by atoms with E-state index in [-0.39, 0.29) is 24.0 Å². The van der Waals surface area contributed by atoms with Crippen LogP contribution in [0.2, 0.25) is 10.0 Å². The third-order valence-corrected chi connectivity index (χ3v) is 6.26. The Balaban J connectivity index is 1.56. The molecule has 0 aliphatic rings. The summed E-state index contributed by atoms with van der Waals surface area (Å²) in [5.74, 6) is -1.14. The molecule has 2 N–H and O–H groups in total. The third-order valence-electron chi connectivity index (χ3n) is 4.65. The Kier molecular flexibility index (Phi) is 6.55. The van der Waals surface area contributed by atoms with Crippen LogP contribution in [0.4, 0.5) is 5.69 Å². The van der Waals surface area contributed by atoms with Crippen LogP contribution >= 0.6 is 34.5 Å². The fourth-order valence-corrected chi connectivity index (χ4v) is 4.10. The van der Waals surface area contributed by atoms with Gasteiger partial charge in [-0.15, -0.1) is 21.6 Å². The van der Waals surface area contributed by atoms with Crippen LogP contribution in [0.15, 0.2) is 70.2 Å². The summed E-state index contributed by atoms with van der Waals surface area (Å²) < 4.78 is 1.65. The van der Waals surface area contributed by atoms with E-state index in [2.05, 4.69) is 15.5 Å². The maximum absolute atomic E-state index is 12.1. The minimum Gasteiger partial charge on any atom is -0.493 e. The van der Waals surface area contributed by atoms with Crippen LogP contribution < -0.4 is 5.32 Å². The highest BCUT2D eigenvalue weighted by Gasteiger charge is 2.17. The molecule has 32 heavy (non-hydrogen) atoms. The molecule has 0 bridgehead atoms. The second-order valence-electron chi connectivity index (χ2n) is 6.78. The predicted octanol–water partition coefficient (Wildman–Crippen LogP) is 5.80. The quantitative estimate of drug-likeness (QED) is 0.336. The minimum absolute atomic E-state index is 0.142. The molecule has 4 aromatic rings. The van der Waals surface area contributed by atoms with E-state index in [0.29, 0.717) is 32.4 Å². The van der Waals surface area contributed by atoms with Crippen molar-refractivity contribution in [3.63, 3.8) is 0 Å².